The van der Waals surface area contributed by atoms with Crippen molar-refractivity contribution in [3.8, 4) is 5.75 Å². The molecule has 7 heteroatoms. The van der Waals surface area contributed by atoms with Crippen molar-refractivity contribution in [3.05, 3.63) is 24.5 Å². The average Bonchev–Trinajstić information content (AvgIpc) is 2.62. The molecule has 0 aromatic carbocycles. The summed E-state index contributed by atoms with van der Waals surface area (Å²) in [6.45, 7) is 0. The highest BCUT2D eigenvalue weighted by molar-refractivity contribution is 6.01. The summed E-state index contributed by atoms with van der Waals surface area (Å²) >= 11 is 0. The van der Waals surface area contributed by atoms with E-state index in [1.807, 2.05) is 0 Å². The molecule has 0 radical (unpaired) electrons. The molecule has 1 fully saturated rings. The van der Waals surface area contributed by atoms with Crippen LogP contribution in [-0.2, 0) is 14.4 Å². The third-order valence-electron chi connectivity index (χ3n) is 2.01. The molecule has 1 aromatic rings. The van der Waals surface area contributed by atoms with E-state index in [0.29, 0.717) is 5.06 Å². The third kappa shape index (κ3) is 2.57. The van der Waals surface area contributed by atoms with E-state index < -0.39 is 18.0 Å². The van der Waals surface area contributed by atoms with Crippen LogP contribution in [0.5, 0.6) is 5.75 Å². The second-order valence-corrected chi connectivity index (χ2v) is 3.21. The van der Waals surface area contributed by atoms with Crippen LogP contribution in [0.3, 0.4) is 0 Å². The minimum atomic E-state index is -1.15. The minimum absolute atomic E-state index is 0.0407. The number of hydroxylamine groups is 2. The molecule has 0 unspecified atom stereocenters. The van der Waals surface area contributed by atoms with Gasteiger partial charge in [-0.2, -0.15) is 0 Å². The van der Waals surface area contributed by atoms with Gasteiger partial charge in [0.1, 0.15) is 0 Å². The Balaban J connectivity index is 1.94. The second kappa shape index (κ2) is 4.60. The monoisotopic (exact) mass is 236 g/mol. The molecule has 0 aliphatic carbocycles. The van der Waals surface area contributed by atoms with E-state index in [0.717, 1.165) is 0 Å². The number of ether oxygens (including phenoxy) is 1. The number of pyridine rings is 1. The molecule has 0 atom stereocenters. The number of nitrogens with zero attached hydrogens (tertiary/aromatic N) is 2. The predicted molar refractivity (Wildman–Crippen MR) is 52.4 cm³/mol. The van der Waals surface area contributed by atoms with Gasteiger partial charge in [0, 0.05) is 19.0 Å². The molecule has 1 saturated heterocycles. The summed E-state index contributed by atoms with van der Waals surface area (Å²) in [5, 5.41) is 0.415. The highest BCUT2D eigenvalue weighted by Crippen LogP contribution is 2.14. The summed E-state index contributed by atoms with van der Waals surface area (Å²) in [6, 6.07) is 3.05. The van der Waals surface area contributed by atoms with Gasteiger partial charge in [0.05, 0.1) is 6.20 Å². The Morgan fingerprint density at radius 2 is 2.00 bits per heavy atom. The molecule has 0 spiro atoms. The van der Waals surface area contributed by atoms with E-state index >= 15 is 0 Å². The highest BCUT2D eigenvalue weighted by atomic mass is 16.8. The topological polar surface area (TPSA) is 85.8 Å². The van der Waals surface area contributed by atoms with Gasteiger partial charge in [-0.15, -0.1) is 0 Å². The van der Waals surface area contributed by atoms with Gasteiger partial charge >= 0.3 is 6.16 Å². The van der Waals surface area contributed by atoms with E-state index in [2.05, 4.69) is 9.82 Å². The summed E-state index contributed by atoms with van der Waals surface area (Å²) in [7, 11) is 0. The van der Waals surface area contributed by atoms with Crippen LogP contribution < -0.4 is 4.74 Å². The second-order valence-electron chi connectivity index (χ2n) is 3.21. The van der Waals surface area contributed by atoms with Crippen LogP contribution >= 0.6 is 0 Å². The molecular formula is C10H8N2O5. The Hall–Kier alpha value is -2.44. The minimum Gasteiger partial charge on any atom is -0.392 e. The van der Waals surface area contributed by atoms with Gasteiger partial charge < -0.3 is 4.74 Å². The first-order chi connectivity index (χ1) is 8.16. The number of carbonyl (C=O) groups excluding carboxylic acids is 3. The van der Waals surface area contributed by atoms with Crippen LogP contribution in [0.1, 0.15) is 12.8 Å². The zero-order valence-corrected chi connectivity index (χ0v) is 8.66. The highest BCUT2D eigenvalue weighted by Gasteiger charge is 2.33. The lowest BCUT2D eigenvalue weighted by Gasteiger charge is -2.11. The van der Waals surface area contributed by atoms with Gasteiger partial charge in [0.15, 0.2) is 5.75 Å². The van der Waals surface area contributed by atoms with Gasteiger partial charge in [-0.1, -0.05) is 5.06 Å². The maximum atomic E-state index is 11.2. The molecule has 1 aromatic heterocycles. The lowest BCUT2D eigenvalue weighted by molar-refractivity contribution is -0.174. The number of hydrogen-bond acceptors (Lipinski definition) is 6. The van der Waals surface area contributed by atoms with E-state index in [9.17, 15) is 14.4 Å². The predicted octanol–water partition coefficient (Wildman–Crippen LogP) is 0.661. The normalized spacial score (nSPS) is 14.9. The number of amides is 2. The molecule has 1 aliphatic rings. The van der Waals surface area contributed by atoms with Crippen molar-refractivity contribution in [2.75, 3.05) is 0 Å². The molecule has 7 nitrogen and oxygen atoms in total. The standard InChI is InChI=1S/C10H8N2O5/c13-8-3-4-9(14)12(8)17-10(15)16-7-2-1-5-11-6-7/h1-2,5-6H,3-4H2. The fraction of sp³-hybridized carbons (Fsp3) is 0.200. The molecule has 0 bridgehead atoms. The quantitative estimate of drug-likeness (QED) is 0.553. The summed E-state index contributed by atoms with van der Waals surface area (Å²) in [5.74, 6) is -0.951. The van der Waals surface area contributed by atoms with Crippen LogP contribution in [0.2, 0.25) is 0 Å². The molecule has 1 aliphatic heterocycles. The number of imide groups is 1. The van der Waals surface area contributed by atoms with Gasteiger partial charge in [-0.05, 0) is 12.1 Å². The van der Waals surface area contributed by atoms with Crippen molar-refractivity contribution < 1.29 is 24.0 Å². The number of carbonyl (C=O) groups is 3. The largest absolute Gasteiger partial charge is 0.539 e. The fourth-order valence-corrected chi connectivity index (χ4v) is 1.25. The van der Waals surface area contributed by atoms with Gasteiger partial charge in [-0.25, -0.2) is 4.79 Å². The Bertz CT molecular complexity index is 443. The van der Waals surface area contributed by atoms with E-state index in [1.54, 1.807) is 6.07 Å². The summed E-state index contributed by atoms with van der Waals surface area (Å²) in [4.78, 5) is 41.7. The Morgan fingerprint density at radius 1 is 1.29 bits per heavy atom. The van der Waals surface area contributed by atoms with Gasteiger partial charge in [0.2, 0.25) is 0 Å². The zero-order valence-electron chi connectivity index (χ0n) is 8.66. The molecule has 0 saturated carbocycles. The van der Waals surface area contributed by atoms with Crippen molar-refractivity contribution in [1.29, 1.82) is 0 Å². The maximum absolute atomic E-state index is 11.2. The molecule has 2 heterocycles. The third-order valence-corrected chi connectivity index (χ3v) is 2.01. The van der Waals surface area contributed by atoms with Crippen molar-refractivity contribution >= 4 is 18.0 Å². The Kier molecular flexibility index (Phi) is 2.99. The van der Waals surface area contributed by atoms with Gasteiger partial charge in [-0.3, -0.25) is 19.4 Å². The zero-order chi connectivity index (χ0) is 12.3. The fourth-order valence-electron chi connectivity index (χ4n) is 1.25. The van der Waals surface area contributed by atoms with Crippen molar-refractivity contribution in [2.24, 2.45) is 0 Å². The van der Waals surface area contributed by atoms with Crippen LogP contribution in [-0.4, -0.2) is 28.0 Å². The Morgan fingerprint density at radius 3 is 2.59 bits per heavy atom. The molecule has 88 valence electrons. The summed E-state index contributed by atoms with van der Waals surface area (Å²) < 4.78 is 4.70. The lowest BCUT2D eigenvalue weighted by Crippen LogP contribution is -2.33. The maximum Gasteiger partial charge on any atom is 0.539 e. The van der Waals surface area contributed by atoms with E-state index in [4.69, 9.17) is 4.74 Å². The average molecular weight is 236 g/mol. The SMILES string of the molecule is O=C(Oc1cccnc1)ON1C(=O)CCC1=O. The molecule has 17 heavy (non-hydrogen) atoms. The van der Waals surface area contributed by atoms with Crippen molar-refractivity contribution in [2.45, 2.75) is 12.8 Å². The Labute approximate surface area is 95.9 Å². The number of rotatable bonds is 2. The lowest BCUT2D eigenvalue weighted by atomic mass is 10.4. The van der Waals surface area contributed by atoms with Crippen LogP contribution in [0, 0.1) is 0 Å². The molecule has 2 amide bonds. The number of hydrogen-bond donors (Lipinski definition) is 0. The molecular weight excluding hydrogens is 228 g/mol. The summed E-state index contributed by atoms with van der Waals surface area (Å²) in [6.07, 6.45) is 1.74. The molecule has 2 rings (SSSR count). The van der Waals surface area contributed by atoms with Crippen LogP contribution in [0.15, 0.2) is 24.5 Å². The summed E-state index contributed by atoms with van der Waals surface area (Å²) in [5.41, 5.74) is 0. The van der Waals surface area contributed by atoms with Crippen molar-refractivity contribution in [3.63, 3.8) is 0 Å². The van der Waals surface area contributed by atoms with Crippen LogP contribution in [0.4, 0.5) is 4.79 Å². The van der Waals surface area contributed by atoms with Crippen LogP contribution in [0.25, 0.3) is 0 Å². The molecule has 0 N–H and O–H groups in total. The number of aromatic nitrogens is 1. The van der Waals surface area contributed by atoms with Crippen molar-refractivity contribution in [1.82, 2.24) is 10.0 Å². The first-order valence-corrected chi connectivity index (χ1v) is 4.82. The van der Waals surface area contributed by atoms with E-state index in [1.165, 1.54) is 18.5 Å². The van der Waals surface area contributed by atoms with Gasteiger partial charge in [0.25, 0.3) is 11.8 Å². The van der Waals surface area contributed by atoms with E-state index in [-0.39, 0.29) is 18.6 Å². The first kappa shape index (κ1) is 11.1. The smallest absolute Gasteiger partial charge is 0.392 e. The first-order valence-electron chi connectivity index (χ1n) is 4.82.